The van der Waals surface area contributed by atoms with Crippen molar-refractivity contribution >= 4 is 52.2 Å². The Labute approximate surface area is 147 Å². The first kappa shape index (κ1) is 17.5. The molecule has 0 bridgehead atoms. The van der Waals surface area contributed by atoms with E-state index in [2.05, 4.69) is 15.5 Å². The van der Waals surface area contributed by atoms with E-state index >= 15 is 0 Å². The fourth-order valence-corrected chi connectivity index (χ4v) is 2.52. The summed E-state index contributed by atoms with van der Waals surface area (Å²) < 4.78 is 0. The summed E-state index contributed by atoms with van der Waals surface area (Å²) in [4.78, 5) is 14.8. The van der Waals surface area contributed by atoms with Crippen LogP contribution in [-0.4, -0.2) is 21.8 Å². The molecular weight excluding hydrogens is 361 g/mol. The number of rotatable bonds is 5. The van der Waals surface area contributed by atoms with Crippen LogP contribution in [0, 0.1) is 0 Å². The van der Waals surface area contributed by atoms with E-state index in [1.807, 2.05) is 37.3 Å². The summed E-state index contributed by atoms with van der Waals surface area (Å²) in [5.74, 6) is -1.31. The van der Waals surface area contributed by atoms with Gasteiger partial charge in [0.05, 0.1) is 11.4 Å². The summed E-state index contributed by atoms with van der Waals surface area (Å²) in [6.45, 7) is 1.94. The molecule has 0 unspecified atom stereocenters. The van der Waals surface area contributed by atoms with E-state index in [0.717, 1.165) is 11.3 Å². The lowest BCUT2D eigenvalue weighted by molar-refractivity contribution is 0.0691. The minimum absolute atomic E-state index is 0.00827. The number of anilines is 1. The summed E-state index contributed by atoms with van der Waals surface area (Å²) in [6.07, 6.45) is 0.650. The van der Waals surface area contributed by atoms with Crippen molar-refractivity contribution in [3.63, 3.8) is 0 Å². The quantitative estimate of drug-likeness (QED) is 0.441. The molecule has 0 saturated carbocycles. The number of pyridine rings is 1. The maximum absolute atomic E-state index is 11.1. The molecule has 1 heterocycles. The molecule has 2 aromatic rings. The molecule has 5 nitrogen and oxygen atoms in total. The third-order valence-electron chi connectivity index (χ3n) is 2.99. The predicted octanol–water partition coefficient (Wildman–Crippen LogP) is 4.97. The molecule has 0 spiro atoms. The topological polar surface area (TPSA) is 74.6 Å². The van der Waals surface area contributed by atoms with Crippen LogP contribution < -0.4 is 5.43 Å². The number of aromatic nitrogens is 1. The number of aromatic carboxylic acids is 1. The molecule has 120 valence electrons. The van der Waals surface area contributed by atoms with Crippen LogP contribution in [0.3, 0.4) is 0 Å². The standard InChI is InChI=1S/C15H12Cl3N3O2/c1-2-9(8-6-4-3-5-7-8)20-21-12-10(16)13(15(22)23)19-14(18)11(12)17/h3-7H,2H2,1H3,(H,19,21)(H,22,23)/b20-9-. The van der Waals surface area contributed by atoms with Gasteiger partial charge in [0, 0.05) is 0 Å². The Morgan fingerprint density at radius 3 is 2.43 bits per heavy atom. The number of carbonyl (C=O) groups is 1. The van der Waals surface area contributed by atoms with Crippen molar-refractivity contribution in [2.24, 2.45) is 5.10 Å². The van der Waals surface area contributed by atoms with Crippen LogP contribution >= 0.6 is 34.8 Å². The van der Waals surface area contributed by atoms with Crippen molar-refractivity contribution in [1.82, 2.24) is 4.98 Å². The van der Waals surface area contributed by atoms with Crippen LogP contribution in [-0.2, 0) is 0 Å². The fraction of sp³-hybridized carbons (Fsp3) is 0.133. The Balaban J connectivity index is 2.43. The zero-order chi connectivity index (χ0) is 17.0. The molecule has 0 radical (unpaired) electrons. The van der Waals surface area contributed by atoms with E-state index in [4.69, 9.17) is 39.9 Å². The highest BCUT2D eigenvalue weighted by molar-refractivity contribution is 6.46. The number of hydrazone groups is 1. The first-order valence-electron chi connectivity index (χ1n) is 6.61. The van der Waals surface area contributed by atoms with Gasteiger partial charge >= 0.3 is 5.97 Å². The molecule has 0 aliphatic rings. The summed E-state index contributed by atoms with van der Waals surface area (Å²) in [7, 11) is 0. The smallest absolute Gasteiger partial charge is 0.356 e. The Hall–Kier alpha value is -1.82. The van der Waals surface area contributed by atoms with Crippen LogP contribution in [0.25, 0.3) is 0 Å². The van der Waals surface area contributed by atoms with Crippen molar-refractivity contribution in [2.45, 2.75) is 13.3 Å². The van der Waals surface area contributed by atoms with Gasteiger partial charge in [0.1, 0.15) is 10.0 Å². The Kier molecular flexibility index (Phi) is 5.82. The number of halogens is 3. The van der Waals surface area contributed by atoms with Crippen molar-refractivity contribution in [1.29, 1.82) is 0 Å². The average molecular weight is 373 g/mol. The van der Waals surface area contributed by atoms with Gasteiger partial charge in [-0.15, -0.1) is 0 Å². The third-order valence-corrected chi connectivity index (χ3v) is 4.09. The first-order valence-corrected chi connectivity index (χ1v) is 7.74. The normalized spacial score (nSPS) is 11.4. The van der Waals surface area contributed by atoms with Crippen LogP contribution in [0.5, 0.6) is 0 Å². The van der Waals surface area contributed by atoms with Gasteiger partial charge < -0.3 is 5.11 Å². The lowest BCUT2D eigenvalue weighted by Gasteiger charge is -2.11. The molecule has 1 aromatic heterocycles. The minimum atomic E-state index is -1.31. The van der Waals surface area contributed by atoms with Gasteiger partial charge in [0.2, 0.25) is 0 Å². The number of carboxylic acids is 1. The SMILES string of the molecule is CC/C(=N/Nc1c(Cl)c(Cl)nc(C(=O)O)c1Cl)c1ccccc1. The first-order chi connectivity index (χ1) is 11.0. The van der Waals surface area contributed by atoms with Gasteiger partial charge in [-0.2, -0.15) is 5.10 Å². The Morgan fingerprint density at radius 2 is 1.87 bits per heavy atom. The van der Waals surface area contributed by atoms with E-state index in [9.17, 15) is 4.79 Å². The van der Waals surface area contributed by atoms with Crippen molar-refractivity contribution < 1.29 is 9.90 Å². The minimum Gasteiger partial charge on any atom is -0.476 e. The maximum atomic E-state index is 11.1. The molecule has 2 N–H and O–H groups in total. The fourth-order valence-electron chi connectivity index (χ4n) is 1.86. The third kappa shape index (κ3) is 3.93. The van der Waals surface area contributed by atoms with Gasteiger partial charge in [-0.3, -0.25) is 5.43 Å². The zero-order valence-corrected chi connectivity index (χ0v) is 14.2. The molecular formula is C15H12Cl3N3O2. The number of carboxylic acid groups (broad SMARTS) is 1. The maximum Gasteiger partial charge on any atom is 0.356 e. The number of benzene rings is 1. The van der Waals surface area contributed by atoms with Crippen molar-refractivity contribution in [3.05, 3.63) is 56.8 Å². The number of nitrogens with one attached hydrogen (secondary N) is 1. The second kappa shape index (κ2) is 7.64. The Bertz CT molecular complexity index is 764. The van der Waals surface area contributed by atoms with Crippen LogP contribution in [0.1, 0.15) is 29.4 Å². The van der Waals surface area contributed by atoms with Crippen LogP contribution in [0.2, 0.25) is 15.2 Å². The lowest BCUT2D eigenvalue weighted by Crippen LogP contribution is -2.07. The molecule has 0 saturated heterocycles. The van der Waals surface area contributed by atoms with E-state index < -0.39 is 11.7 Å². The van der Waals surface area contributed by atoms with Crippen LogP contribution in [0.15, 0.2) is 35.4 Å². The number of hydrogen-bond acceptors (Lipinski definition) is 4. The molecule has 0 fully saturated rings. The van der Waals surface area contributed by atoms with Crippen molar-refractivity contribution in [2.75, 3.05) is 5.43 Å². The molecule has 0 atom stereocenters. The molecule has 1 aromatic carbocycles. The molecule has 23 heavy (non-hydrogen) atoms. The molecule has 8 heteroatoms. The van der Waals surface area contributed by atoms with Crippen molar-refractivity contribution in [3.8, 4) is 0 Å². The molecule has 0 amide bonds. The van der Waals surface area contributed by atoms with Gasteiger partial charge in [0.15, 0.2) is 10.8 Å². The van der Waals surface area contributed by atoms with E-state index in [1.54, 1.807) is 0 Å². The predicted molar refractivity (Wildman–Crippen MR) is 93.1 cm³/mol. The van der Waals surface area contributed by atoms with E-state index in [0.29, 0.717) is 6.42 Å². The largest absolute Gasteiger partial charge is 0.476 e. The molecule has 0 aliphatic carbocycles. The van der Waals surface area contributed by atoms with Gasteiger partial charge in [-0.1, -0.05) is 72.1 Å². The second-order valence-electron chi connectivity index (χ2n) is 4.45. The summed E-state index contributed by atoms with van der Waals surface area (Å²) in [5, 5.41) is 13.1. The average Bonchev–Trinajstić information content (AvgIpc) is 2.55. The van der Waals surface area contributed by atoms with Gasteiger partial charge in [-0.05, 0) is 12.0 Å². The highest BCUT2D eigenvalue weighted by Gasteiger charge is 2.20. The lowest BCUT2D eigenvalue weighted by atomic mass is 10.1. The molecule has 0 aliphatic heterocycles. The highest BCUT2D eigenvalue weighted by atomic mass is 35.5. The summed E-state index contributed by atoms with van der Waals surface area (Å²) in [5.41, 5.74) is 4.09. The second-order valence-corrected chi connectivity index (χ2v) is 5.56. The van der Waals surface area contributed by atoms with Gasteiger partial charge in [-0.25, -0.2) is 9.78 Å². The summed E-state index contributed by atoms with van der Waals surface area (Å²) >= 11 is 17.9. The van der Waals surface area contributed by atoms with Gasteiger partial charge in [0.25, 0.3) is 0 Å². The Morgan fingerprint density at radius 1 is 1.22 bits per heavy atom. The number of hydrogen-bond donors (Lipinski definition) is 2. The molecule has 2 rings (SSSR count). The summed E-state index contributed by atoms with van der Waals surface area (Å²) in [6, 6.07) is 9.52. The number of nitrogens with zero attached hydrogens (tertiary/aromatic N) is 2. The monoisotopic (exact) mass is 371 g/mol. The zero-order valence-electron chi connectivity index (χ0n) is 12.0. The van der Waals surface area contributed by atoms with E-state index in [1.165, 1.54) is 0 Å². The van der Waals surface area contributed by atoms with E-state index in [-0.39, 0.29) is 20.9 Å². The van der Waals surface area contributed by atoms with Crippen LogP contribution in [0.4, 0.5) is 5.69 Å². The highest BCUT2D eigenvalue weighted by Crippen LogP contribution is 2.36.